The van der Waals surface area contributed by atoms with E-state index in [1.54, 1.807) is 0 Å². The zero-order chi connectivity index (χ0) is 23.0. The number of hydrogen-bond donors (Lipinski definition) is 1. The Balaban J connectivity index is 1.42. The minimum Gasteiger partial charge on any atom is -0.319 e. The van der Waals surface area contributed by atoms with Crippen LogP contribution in [0.25, 0.3) is 0 Å². The van der Waals surface area contributed by atoms with Crippen molar-refractivity contribution in [1.29, 1.82) is 0 Å². The molecule has 5 heteroatoms. The summed E-state index contributed by atoms with van der Waals surface area (Å²) in [5, 5.41) is 2.97. The maximum absolute atomic E-state index is 13.6. The number of benzene rings is 3. The van der Waals surface area contributed by atoms with Gasteiger partial charge in [0.15, 0.2) is 0 Å². The lowest BCUT2D eigenvalue weighted by Gasteiger charge is -2.32. The number of hydrogen-bond acceptors (Lipinski definition) is 3. The molecular formula is C28H29N3O2. The van der Waals surface area contributed by atoms with Crippen molar-refractivity contribution in [1.82, 2.24) is 15.1 Å². The molecule has 3 aromatic carbocycles. The molecule has 0 spiro atoms. The van der Waals surface area contributed by atoms with Crippen LogP contribution in [0.2, 0.25) is 0 Å². The van der Waals surface area contributed by atoms with Crippen molar-refractivity contribution >= 4 is 11.9 Å². The van der Waals surface area contributed by atoms with Gasteiger partial charge in [-0.3, -0.25) is 9.69 Å². The third-order valence-corrected chi connectivity index (χ3v) is 6.99. The van der Waals surface area contributed by atoms with E-state index in [1.165, 1.54) is 16.0 Å². The molecule has 0 unspecified atom stereocenters. The average Bonchev–Trinajstić information content (AvgIpc) is 3.39. The van der Waals surface area contributed by atoms with Crippen molar-refractivity contribution in [2.24, 2.45) is 0 Å². The Morgan fingerprint density at radius 3 is 2.15 bits per heavy atom. The molecule has 0 saturated carbocycles. The number of amides is 3. The molecule has 1 heterocycles. The number of urea groups is 1. The van der Waals surface area contributed by atoms with Crippen LogP contribution in [0.4, 0.5) is 4.79 Å². The van der Waals surface area contributed by atoms with Crippen LogP contribution in [0.15, 0.2) is 78.9 Å². The number of rotatable bonds is 6. The van der Waals surface area contributed by atoms with Crippen molar-refractivity contribution in [3.63, 3.8) is 0 Å². The lowest BCUT2D eigenvalue weighted by atomic mass is 9.90. The molecule has 1 saturated heterocycles. The average molecular weight is 440 g/mol. The van der Waals surface area contributed by atoms with Crippen molar-refractivity contribution < 1.29 is 9.59 Å². The van der Waals surface area contributed by atoms with Gasteiger partial charge >= 0.3 is 6.03 Å². The van der Waals surface area contributed by atoms with Gasteiger partial charge in [0, 0.05) is 0 Å². The number of nitrogens with one attached hydrogen (secondary N) is 1. The van der Waals surface area contributed by atoms with Gasteiger partial charge in [0.1, 0.15) is 5.54 Å². The largest absolute Gasteiger partial charge is 0.326 e. The third kappa shape index (κ3) is 3.83. The van der Waals surface area contributed by atoms with E-state index in [0.29, 0.717) is 0 Å². The van der Waals surface area contributed by atoms with Crippen LogP contribution in [0, 0.1) is 0 Å². The van der Waals surface area contributed by atoms with Crippen LogP contribution in [0.3, 0.4) is 0 Å². The lowest BCUT2D eigenvalue weighted by molar-refractivity contribution is -0.132. The van der Waals surface area contributed by atoms with Crippen LogP contribution in [-0.2, 0) is 23.2 Å². The molecule has 0 radical (unpaired) electrons. The Hall–Kier alpha value is -3.44. The van der Waals surface area contributed by atoms with Crippen LogP contribution in [0.5, 0.6) is 0 Å². The summed E-state index contributed by atoms with van der Waals surface area (Å²) in [5.41, 5.74) is 4.67. The number of fused-ring (bicyclic) bond motifs is 1. The van der Waals surface area contributed by atoms with Gasteiger partial charge < -0.3 is 5.32 Å². The summed E-state index contributed by atoms with van der Waals surface area (Å²) in [4.78, 5) is 30.0. The van der Waals surface area contributed by atoms with Gasteiger partial charge in [0.2, 0.25) is 0 Å². The van der Waals surface area contributed by atoms with E-state index in [2.05, 4.69) is 46.6 Å². The van der Waals surface area contributed by atoms with Gasteiger partial charge in [-0.15, -0.1) is 0 Å². The maximum atomic E-state index is 13.6. The summed E-state index contributed by atoms with van der Waals surface area (Å²) in [6.45, 7) is 2.01. The van der Waals surface area contributed by atoms with Crippen LogP contribution >= 0.6 is 0 Å². The molecule has 1 N–H and O–H groups in total. The van der Waals surface area contributed by atoms with E-state index in [9.17, 15) is 9.59 Å². The highest BCUT2D eigenvalue weighted by Crippen LogP contribution is 2.34. The molecule has 1 fully saturated rings. The molecule has 3 aromatic rings. The van der Waals surface area contributed by atoms with Gasteiger partial charge in [-0.2, -0.15) is 0 Å². The number of imide groups is 1. The quantitative estimate of drug-likeness (QED) is 0.570. The Bertz CT molecular complexity index is 1140. The lowest BCUT2D eigenvalue weighted by Crippen LogP contribution is -2.44. The van der Waals surface area contributed by atoms with Crippen molar-refractivity contribution in [3.8, 4) is 0 Å². The second-order valence-corrected chi connectivity index (χ2v) is 9.25. The molecule has 168 valence electrons. The first-order valence-corrected chi connectivity index (χ1v) is 11.5. The Morgan fingerprint density at radius 1 is 0.909 bits per heavy atom. The monoisotopic (exact) mass is 439 g/mol. The standard InChI is InChI=1S/C28H29N3O2/c1-28(24-17-16-20-14-9-15-23(20)18-24)26(32)31(27(33)29-28)19-30(2)25(21-10-5-3-6-11-21)22-12-7-4-8-13-22/h3-8,10-13,16-18,25H,9,14-15,19H2,1-2H3,(H,29,33)/t28-/m0/s1. The second-order valence-electron chi connectivity index (χ2n) is 9.25. The molecule has 5 rings (SSSR count). The molecule has 3 amide bonds. The smallest absolute Gasteiger partial charge is 0.319 e. The fourth-order valence-corrected chi connectivity index (χ4v) is 5.18. The fourth-order valence-electron chi connectivity index (χ4n) is 5.18. The normalized spacial score (nSPS) is 19.9. The first kappa shape index (κ1) is 21.4. The van der Waals surface area contributed by atoms with Gasteiger partial charge in [-0.25, -0.2) is 9.69 Å². The Kier molecular flexibility index (Phi) is 5.51. The number of carbonyl (C=O) groups is 2. The summed E-state index contributed by atoms with van der Waals surface area (Å²) in [7, 11) is 1.95. The van der Waals surface area contributed by atoms with Gasteiger partial charge in [-0.05, 0) is 61.1 Å². The number of carbonyl (C=O) groups excluding carboxylic acids is 2. The molecular weight excluding hydrogens is 410 g/mol. The predicted octanol–water partition coefficient (Wildman–Crippen LogP) is 4.62. The molecule has 0 aromatic heterocycles. The van der Waals surface area contributed by atoms with E-state index >= 15 is 0 Å². The Morgan fingerprint density at radius 2 is 1.52 bits per heavy atom. The van der Waals surface area contributed by atoms with Crippen molar-refractivity contribution in [2.75, 3.05) is 13.7 Å². The minimum atomic E-state index is -1.05. The van der Waals surface area contributed by atoms with Gasteiger partial charge in [-0.1, -0.05) is 78.9 Å². The third-order valence-electron chi connectivity index (χ3n) is 6.99. The molecule has 1 aliphatic carbocycles. The highest BCUT2D eigenvalue weighted by atomic mass is 16.2. The van der Waals surface area contributed by atoms with E-state index in [-0.39, 0.29) is 24.6 Å². The molecule has 0 bridgehead atoms. The maximum Gasteiger partial charge on any atom is 0.326 e. The van der Waals surface area contributed by atoms with Crippen molar-refractivity contribution in [2.45, 2.75) is 37.8 Å². The van der Waals surface area contributed by atoms with Crippen LogP contribution < -0.4 is 5.32 Å². The summed E-state index contributed by atoms with van der Waals surface area (Å²) >= 11 is 0. The van der Waals surface area contributed by atoms with Crippen LogP contribution in [0.1, 0.15) is 47.2 Å². The molecule has 33 heavy (non-hydrogen) atoms. The Labute approximate surface area is 195 Å². The van der Waals surface area contributed by atoms with Crippen molar-refractivity contribution in [3.05, 3.63) is 107 Å². The molecule has 2 aliphatic rings. The van der Waals surface area contributed by atoms with Crippen LogP contribution in [-0.4, -0.2) is 35.5 Å². The molecule has 5 nitrogen and oxygen atoms in total. The summed E-state index contributed by atoms with van der Waals surface area (Å²) in [5.74, 6) is -0.211. The molecule has 1 aliphatic heterocycles. The SMILES string of the molecule is CN(CN1C(=O)N[C@@](C)(c2ccc3c(c2)CCC3)C1=O)C(c1ccccc1)c1ccccc1. The van der Waals surface area contributed by atoms with Gasteiger partial charge in [0.05, 0.1) is 12.7 Å². The number of nitrogens with zero attached hydrogens (tertiary/aromatic N) is 2. The predicted molar refractivity (Wildman–Crippen MR) is 129 cm³/mol. The second kappa shape index (κ2) is 8.49. The zero-order valence-electron chi connectivity index (χ0n) is 19.1. The van der Waals surface area contributed by atoms with E-state index < -0.39 is 5.54 Å². The summed E-state index contributed by atoms with van der Waals surface area (Å²) in [6, 6.07) is 26.1. The van der Waals surface area contributed by atoms with E-state index in [0.717, 1.165) is 36.0 Å². The summed E-state index contributed by atoms with van der Waals surface area (Å²) in [6.07, 6.45) is 3.26. The minimum absolute atomic E-state index is 0.0835. The summed E-state index contributed by atoms with van der Waals surface area (Å²) < 4.78 is 0. The topological polar surface area (TPSA) is 52.6 Å². The molecule has 1 atom stereocenters. The van der Waals surface area contributed by atoms with E-state index in [1.807, 2.05) is 56.4 Å². The first-order valence-electron chi connectivity index (χ1n) is 11.5. The van der Waals surface area contributed by atoms with Gasteiger partial charge in [0.25, 0.3) is 5.91 Å². The fraction of sp³-hybridized carbons (Fsp3) is 0.286. The zero-order valence-corrected chi connectivity index (χ0v) is 19.1. The van der Waals surface area contributed by atoms with E-state index in [4.69, 9.17) is 0 Å². The highest BCUT2D eigenvalue weighted by molar-refractivity contribution is 6.07. The highest BCUT2D eigenvalue weighted by Gasteiger charge is 2.49. The first-order chi connectivity index (χ1) is 16.0. The number of aryl methyl sites for hydroxylation is 2.